The average molecular weight is 407 g/mol. The van der Waals surface area contributed by atoms with Crippen LogP contribution >= 0.6 is 0 Å². The second-order valence-electron chi connectivity index (χ2n) is 7.26. The fourth-order valence-electron chi connectivity index (χ4n) is 3.74. The Hall–Kier alpha value is -2.88. The van der Waals surface area contributed by atoms with E-state index in [4.69, 9.17) is 0 Å². The number of halogens is 3. The Morgan fingerprint density at radius 1 is 1.17 bits per heavy atom. The van der Waals surface area contributed by atoms with Crippen LogP contribution in [0.3, 0.4) is 0 Å². The van der Waals surface area contributed by atoms with E-state index in [1.807, 2.05) is 0 Å². The maximum atomic E-state index is 12.9. The van der Waals surface area contributed by atoms with Gasteiger partial charge in [-0.05, 0) is 31.0 Å². The van der Waals surface area contributed by atoms with Crippen molar-refractivity contribution in [1.82, 2.24) is 20.0 Å². The summed E-state index contributed by atoms with van der Waals surface area (Å²) in [5.41, 5.74) is -0.0790. The first-order valence-electron chi connectivity index (χ1n) is 9.29. The molecule has 0 unspecified atom stereocenters. The molecule has 0 saturated heterocycles. The number of nitrogens with zero attached hydrogens (tertiary/aromatic N) is 4. The van der Waals surface area contributed by atoms with Crippen LogP contribution in [0.5, 0.6) is 5.75 Å². The minimum atomic E-state index is -4.56. The Morgan fingerprint density at radius 2 is 1.93 bits per heavy atom. The molecule has 10 heteroatoms. The Labute approximate surface area is 164 Å². The van der Waals surface area contributed by atoms with Gasteiger partial charge in [0.05, 0.1) is 34.8 Å². The van der Waals surface area contributed by atoms with E-state index in [0.29, 0.717) is 29.2 Å². The van der Waals surface area contributed by atoms with Crippen molar-refractivity contribution < 1.29 is 23.4 Å². The van der Waals surface area contributed by atoms with Crippen LogP contribution < -0.4 is 5.32 Å². The van der Waals surface area contributed by atoms with Gasteiger partial charge in [0.1, 0.15) is 11.4 Å². The highest BCUT2D eigenvalue weighted by Gasteiger charge is 2.32. The van der Waals surface area contributed by atoms with Gasteiger partial charge in [0.15, 0.2) is 5.82 Å². The van der Waals surface area contributed by atoms with E-state index in [1.165, 1.54) is 10.7 Å². The van der Waals surface area contributed by atoms with Gasteiger partial charge in [0.2, 0.25) is 0 Å². The van der Waals surface area contributed by atoms with Crippen molar-refractivity contribution in [3.63, 3.8) is 0 Å². The van der Waals surface area contributed by atoms with Crippen molar-refractivity contribution in [3.8, 4) is 17.0 Å². The Morgan fingerprint density at radius 3 is 2.62 bits per heavy atom. The van der Waals surface area contributed by atoms with Crippen molar-refractivity contribution in [2.45, 2.75) is 44.0 Å². The van der Waals surface area contributed by atoms with Crippen LogP contribution in [0.1, 0.15) is 31.2 Å². The number of fused-ring (bicyclic) bond motifs is 1. The van der Waals surface area contributed by atoms with Gasteiger partial charge >= 0.3 is 6.18 Å². The number of nitrogens with one attached hydrogen (secondary N) is 1. The van der Waals surface area contributed by atoms with E-state index in [0.717, 1.165) is 25.3 Å². The maximum Gasteiger partial charge on any atom is 0.416 e. The average Bonchev–Trinajstić information content (AvgIpc) is 3.06. The van der Waals surface area contributed by atoms with Gasteiger partial charge in [-0.15, -0.1) is 10.2 Å². The lowest BCUT2D eigenvalue weighted by Crippen LogP contribution is -2.36. The van der Waals surface area contributed by atoms with Gasteiger partial charge in [0, 0.05) is 12.6 Å². The number of alkyl halides is 3. The number of aliphatic hydroxyl groups excluding tert-OH is 1. The van der Waals surface area contributed by atoms with E-state index in [-0.39, 0.29) is 17.3 Å². The van der Waals surface area contributed by atoms with Gasteiger partial charge in [-0.2, -0.15) is 18.3 Å². The zero-order chi connectivity index (χ0) is 20.8. The van der Waals surface area contributed by atoms with Crippen LogP contribution in [0.2, 0.25) is 0 Å². The molecular weight excluding hydrogens is 387 g/mol. The number of benzene rings is 1. The fourth-order valence-corrected chi connectivity index (χ4v) is 3.74. The second-order valence-corrected chi connectivity index (χ2v) is 7.26. The van der Waals surface area contributed by atoms with Crippen molar-refractivity contribution in [1.29, 1.82) is 0 Å². The summed E-state index contributed by atoms with van der Waals surface area (Å²) in [6.45, 7) is 0. The third kappa shape index (κ3) is 3.59. The highest BCUT2D eigenvalue weighted by Crippen LogP contribution is 2.38. The molecule has 2 heterocycles. The van der Waals surface area contributed by atoms with E-state index in [9.17, 15) is 23.4 Å². The number of rotatable bonds is 3. The van der Waals surface area contributed by atoms with Crippen LogP contribution in [-0.2, 0) is 13.2 Å². The molecule has 0 bridgehead atoms. The lowest BCUT2D eigenvalue weighted by atomic mass is 9.92. The summed E-state index contributed by atoms with van der Waals surface area (Å²) in [4.78, 5) is 0. The molecule has 1 aliphatic carbocycles. The summed E-state index contributed by atoms with van der Waals surface area (Å²) < 4.78 is 40.2. The van der Waals surface area contributed by atoms with Crippen LogP contribution in [0.15, 0.2) is 24.4 Å². The molecule has 1 aliphatic rings. The van der Waals surface area contributed by atoms with Crippen molar-refractivity contribution in [3.05, 3.63) is 30.0 Å². The normalized spacial score (nSPS) is 20.2. The molecule has 29 heavy (non-hydrogen) atoms. The number of phenolic OH excluding ortho intramolecular Hbond substituents is 1. The van der Waals surface area contributed by atoms with E-state index >= 15 is 0 Å². The maximum absolute atomic E-state index is 12.9. The van der Waals surface area contributed by atoms with Crippen LogP contribution in [0, 0.1) is 0 Å². The molecule has 2 aromatic heterocycles. The predicted octanol–water partition coefficient (Wildman–Crippen LogP) is 3.47. The number of aliphatic hydroxyl groups is 1. The van der Waals surface area contributed by atoms with E-state index < -0.39 is 23.6 Å². The summed E-state index contributed by atoms with van der Waals surface area (Å²) in [6, 6.07) is 2.58. The summed E-state index contributed by atoms with van der Waals surface area (Å²) in [5.74, 6) is -0.103. The van der Waals surface area contributed by atoms with Crippen LogP contribution in [0.25, 0.3) is 22.2 Å². The Balaban J connectivity index is 1.77. The number of anilines is 1. The summed E-state index contributed by atoms with van der Waals surface area (Å²) in [5, 5.41) is 36.8. The number of aromatic nitrogens is 4. The monoisotopic (exact) mass is 407 g/mol. The topological polar surface area (TPSA) is 96.1 Å². The minimum absolute atomic E-state index is 0.128. The lowest BCUT2D eigenvalue weighted by Gasteiger charge is -2.28. The molecule has 0 radical (unpaired) electrons. The largest absolute Gasteiger partial charge is 0.507 e. The Kier molecular flexibility index (Phi) is 4.81. The van der Waals surface area contributed by atoms with Crippen molar-refractivity contribution in [2.75, 3.05) is 5.32 Å². The summed E-state index contributed by atoms with van der Waals surface area (Å²) in [6.07, 6.45) is 0.000652. The van der Waals surface area contributed by atoms with Gasteiger partial charge in [0.25, 0.3) is 0 Å². The molecule has 2 atom stereocenters. The Bertz CT molecular complexity index is 1050. The van der Waals surface area contributed by atoms with E-state index in [1.54, 1.807) is 13.2 Å². The van der Waals surface area contributed by atoms with E-state index in [2.05, 4.69) is 20.6 Å². The first kappa shape index (κ1) is 19.4. The second kappa shape index (κ2) is 7.18. The number of hydrogen-bond donors (Lipinski definition) is 3. The van der Waals surface area contributed by atoms with Crippen LogP contribution in [0.4, 0.5) is 19.0 Å². The first-order chi connectivity index (χ1) is 13.8. The lowest BCUT2D eigenvalue weighted by molar-refractivity contribution is -0.137. The molecule has 154 valence electrons. The van der Waals surface area contributed by atoms with Crippen molar-refractivity contribution >= 4 is 16.7 Å². The fraction of sp³-hybridized carbons (Fsp3) is 0.421. The molecule has 0 aliphatic heterocycles. The molecule has 1 saturated carbocycles. The van der Waals surface area contributed by atoms with Gasteiger partial charge < -0.3 is 15.5 Å². The molecular formula is C19H20F3N5O2. The molecule has 1 aromatic carbocycles. The molecule has 7 nitrogen and oxygen atoms in total. The summed E-state index contributed by atoms with van der Waals surface area (Å²) >= 11 is 0. The molecule has 1 fully saturated rings. The smallest absolute Gasteiger partial charge is 0.416 e. The molecule has 0 amide bonds. The molecule has 4 rings (SSSR count). The summed E-state index contributed by atoms with van der Waals surface area (Å²) in [7, 11) is 1.67. The van der Waals surface area contributed by atoms with Gasteiger partial charge in [-0.25, -0.2) is 0 Å². The third-order valence-corrected chi connectivity index (χ3v) is 5.30. The van der Waals surface area contributed by atoms with Gasteiger partial charge in [-0.3, -0.25) is 4.68 Å². The predicted molar refractivity (Wildman–Crippen MR) is 100 cm³/mol. The highest BCUT2D eigenvalue weighted by molar-refractivity contribution is 5.98. The van der Waals surface area contributed by atoms with Gasteiger partial charge in [-0.1, -0.05) is 12.8 Å². The SMILES string of the molecule is Cn1ncc2c(N[C@@H]3CCCC[C@H]3O)nnc(-c3ccc(C(F)(F)F)cc3O)c21. The number of phenols is 1. The number of aromatic hydroxyl groups is 1. The molecule has 0 spiro atoms. The first-order valence-corrected chi connectivity index (χ1v) is 9.29. The minimum Gasteiger partial charge on any atom is -0.507 e. The highest BCUT2D eigenvalue weighted by atomic mass is 19.4. The quantitative estimate of drug-likeness (QED) is 0.615. The third-order valence-electron chi connectivity index (χ3n) is 5.30. The molecule has 3 N–H and O–H groups in total. The zero-order valence-electron chi connectivity index (χ0n) is 15.6. The molecule has 3 aromatic rings. The number of aryl methyl sites for hydroxylation is 1. The zero-order valence-corrected chi connectivity index (χ0v) is 15.6. The standard InChI is InChI=1S/C19H20F3N5O2/c1-27-17-12(9-23-27)18(24-13-4-2-3-5-14(13)28)26-25-16(17)11-7-6-10(8-15(11)29)19(20,21)22/h6-9,13-14,28-29H,2-5H2,1H3,(H,24,26)/t13-,14-/m1/s1. The number of hydrogen-bond acceptors (Lipinski definition) is 6. The van der Waals surface area contributed by atoms with Crippen molar-refractivity contribution in [2.24, 2.45) is 7.05 Å². The van der Waals surface area contributed by atoms with Crippen LogP contribution in [-0.4, -0.2) is 42.3 Å².